The molecule has 4 heteroatoms. The Balaban J connectivity index is 2.25. The van der Waals surface area contributed by atoms with E-state index in [1.807, 2.05) is 24.3 Å². The van der Waals surface area contributed by atoms with Crippen molar-refractivity contribution in [3.63, 3.8) is 0 Å². The molecule has 0 bridgehead atoms. The number of nitrogens with two attached hydrogens (primary N) is 1. The maximum atomic E-state index is 12.4. The van der Waals surface area contributed by atoms with Gasteiger partial charge >= 0.3 is 6.03 Å². The van der Waals surface area contributed by atoms with E-state index in [2.05, 4.69) is 6.58 Å². The number of allylic oxidation sites excluding steroid dienone is 2. The summed E-state index contributed by atoms with van der Waals surface area (Å²) >= 11 is 0. The van der Waals surface area contributed by atoms with Gasteiger partial charge in [0.05, 0.1) is 11.7 Å². The van der Waals surface area contributed by atoms with Crippen LogP contribution in [0.25, 0.3) is 0 Å². The number of nitrogens with zero attached hydrogens (tertiary/aromatic N) is 1. The lowest BCUT2D eigenvalue weighted by atomic mass is 9.90. The van der Waals surface area contributed by atoms with Crippen LogP contribution in [-0.2, 0) is 11.2 Å². The number of primary amides is 1. The number of carbonyl (C=O) groups excluding carboxylic acids is 2. The van der Waals surface area contributed by atoms with Crippen molar-refractivity contribution in [3.05, 3.63) is 65.8 Å². The monoisotopic (exact) mass is 266 g/mol. The molecule has 0 spiro atoms. The van der Waals surface area contributed by atoms with Gasteiger partial charge in [0.1, 0.15) is 0 Å². The van der Waals surface area contributed by atoms with Gasteiger partial charge in [-0.15, -0.1) is 0 Å². The van der Waals surface area contributed by atoms with Gasteiger partial charge in [-0.3, -0.25) is 9.69 Å². The van der Waals surface area contributed by atoms with Gasteiger partial charge in [-0.1, -0.05) is 43.0 Å². The quantitative estimate of drug-likeness (QED) is 0.781. The average Bonchev–Trinajstić information content (AvgIpc) is 2.54. The van der Waals surface area contributed by atoms with Crippen LogP contribution in [0.1, 0.15) is 5.56 Å². The molecule has 100 valence electrons. The van der Waals surface area contributed by atoms with Gasteiger partial charge < -0.3 is 5.73 Å². The van der Waals surface area contributed by atoms with Crippen molar-refractivity contribution in [1.29, 1.82) is 0 Å². The fourth-order valence-corrected chi connectivity index (χ4v) is 2.76. The Bertz CT molecular complexity index is 685. The van der Waals surface area contributed by atoms with E-state index in [0.29, 0.717) is 16.8 Å². The lowest BCUT2D eigenvalue weighted by molar-refractivity contribution is -0.115. The third-order valence-corrected chi connectivity index (χ3v) is 3.65. The average molecular weight is 266 g/mol. The molecule has 1 aromatic carbocycles. The zero-order valence-electron chi connectivity index (χ0n) is 10.9. The summed E-state index contributed by atoms with van der Waals surface area (Å²) in [6.45, 7) is 3.95. The van der Waals surface area contributed by atoms with E-state index < -0.39 is 12.1 Å². The van der Waals surface area contributed by atoms with Gasteiger partial charge in [0.15, 0.2) is 5.78 Å². The van der Waals surface area contributed by atoms with E-state index in [-0.39, 0.29) is 12.2 Å². The summed E-state index contributed by atoms with van der Waals surface area (Å²) in [5.74, 6) is -0.00306. The predicted octanol–water partition coefficient (Wildman–Crippen LogP) is 2.12. The highest BCUT2D eigenvalue weighted by Crippen LogP contribution is 2.35. The Kier molecular flexibility index (Phi) is 2.79. The number of rotatable bonds is 0. The fraction of sp³-hybridized carbons (Fsp3) is 0.125. The van der Waals surface area contributed by atoms with Gasteiger partial charge in [-0.05, 0) is 17.2 Å². The third kappa shape index (κ3) is 1.77. The highest BCUT2D eigenvalue weighted by molar-refractivity contribution is 6.06. The number of anilines is 1. The number of fused-ring (bicyclic) bond motifs is 2. The van der Waals surface area contributed by atoms with Crippen molar-refractivity contribution in [2.75, 3.05) is 4.90 Å². The Hall–Kier alpha value is -2.62. The molecule has 20 heavy (non-hydrogen) atoms. The number of hydrogen-bond donors (Lipinski definition) is 1. The van der Waals surface area contributed by atoms with Crippen LogP contribution >= 0.6 is 0 Å². The molecule has 4 nitrogen and oxygen atoms in total. The number of ketones is 1. The van der Waals surface area contributed by atoms with E-state index in [9.17, 15) is 9.59 Å². The molecule has 1 aliphatic carbocycles. The molecule has 1 heterocycles. The summed E-state index contributed by atoms with van der Waals surface area (Å²) in [5.41, 5.74) is 8.28. The molecule has 3 rings (SSSR count). The zero-order valence-corrected chi connectivity index (χ0v) is 10.9. The Morgan fingerprint density at radius 3 is 2.85 bits per heavy atom. The number of urea groups is 1. The summed E-state index contributed by atoms with van der Waals surface area (Å²) in [7, 11) is 0. The standard InChI is InChI=1S/C16H14N2O2/c1-10-5-4-7-12-14(19)9-11-6-2-3-8-13(11)18(15(10)12)16(17)20/h2-8,15H,1,9H2,(H2,17,20). The fourth-order valence-electron chi connectivity index (χ4n) is 2.76. The molecule has 1 aliphatic heterocycles. The Morgan fingerprint density at radius 2 is 2.10 bits per heavy atom. The van der Waals surface area contributed by atoms with Crippen molar-refractivity contribution in [3.8, 4) is 0 Å². The molecular formula is C16H14N2O2. The second kappa shape index (κ2) is 4.49. The van der Waals surface area contributed by atoms with Crippen LogP contribution in [0.2, 0.25) is 0 Å². The topological polar surface area (TPSA) is 63.4 Å². The first kappa shape index (κ1) is 12.4. The molecule has 1 unspecified atom stereocenters. The van der Waals surface area contributed by atoms with Crippen molar-refractivity contribution in [2.24, 2.45) is 5.73 Å². The summed E-state index contributed by atoms with van der Waals surface area (Å²) in [4.78, 5) is 25.8. The maximum Gasteiger partial charge on any atom is 0.320 e. The van der Waals surface area contributed by atoms with Crippen molar-refractivity contribution in [1.82, 2.24) is 0 Å². The minimum atomic E-state index is -0.584. The summed E-state index contributed by atoms with van der Waals surface area (Å²) in [5, 5.41) is 0. The smallest absolute Gasteiger partial charge is 0.320 e. The van der Waals surface area contributed by atoms with E-state index in [4.69, 9.17) is 5.73 Å². The van der Waals surface area contributed by atoms with Crippen LogP contribution in [0.5, 0.6) is 0 Å². The Morgan fingerprint density at radius 1 is 1.35 bits per heavy atom. The molecule has 2 aliphatic rings. The van der Waals surface area contributed by atoms with Crippen LogP contribution in [-0.4, -0.2) is 17.9 Å². The number of para-hydroxylation sites is 1. The molecule has 2 N–H and O–H groups in total. The van der Waals surface area contributed by atoms with E-state index in [0.717, 1.165) is 5.56 Å². The minimum Gasteiger partial charge on any atom is -0.351 e. The van der Waals surface area contributed by atoms with Gasteiger partial charge in [0.25, 0.3) is 0 Å². The van der Waals surface area contributed by atoms with Gasteiger partial charge in [0, 0.05) is 12.0 Å². The second-order valence-corrected chi connectivity index (χ2v) is 4.90. The van der Waals surface area contributed by atoms with Gasteiger partial charge in [-0.2, -0.15) is 0 Å². The van der Waals surface area contributed by atoms with Crippen LogP contribution in [0.15, 0.2) is 60.2 Å². The van der Waals surface area contributed by atoms with Crippen LogP contribution in [0, 0.1) is 0 Å². The van der Waals surface area contributed by atoms with Crippen molar-refractivity contribution >= 4 is 17.5 Å². The molecule has 0 fully saturated rings. The van der Waals surface area contributed by atoms with E-state index in [1.165, 1.54) is 4.90 Å². The summed E-state index contributed by atoms with van der Waals surface area (Å²) in [6.07, 6.45) is 5.58. The van der Waals surface area contributed by atoms with Crippen molar-refractivity contribution in [2.45, 2.75) is 12.5 Å². The maximum absolute atomic E-state index is 12.4. The number of carbonyl (C=O) groups is 2. The van der Waals surface area contributed by atoms with Gasteiger partial charge in [-0.25, -0.2) is 4.79 Å². The van der Waals surface area contributed by atoms with Crippen molar-refractivity contribution < 1.29 is 9.59 Å². The number of benzene rings is 1. The predicted molar refractivity (Wildman–Crippen MR) is 77.4 cm³/mol. The normalized spacial score (nSPS) is 20.9. The van der Waals surface area contributed by atoms with Crippen LogP contribution in [0.4, 0.5) is 10.5 Å². The van der Waals surface area contributed by atoms with Gasteiger partial charge in [0.2, 0.25) is 0 Å². The summed E-state index contributed by atoms with van der Waals surface area (Å²) in [6, 6.07) is 6.24. The first-order chi connectivity index (χ1) is 9.59. The van der Waals surface area contributed by atoms with Crippen LogP contribution < -0.4 is 10.6 Å². The largest absolute Gasteiger partial charge is 0.351 e. The molecular weight excluding hydrogens is 252 g/mol. The highest BCUT2D eigenvalue weighted by Gasteiger charge is 2.36. The molecule has 0 saturated carbocycles. The second-order valence-electron chi connectivity index (χ2n) is 4.90. The van der Waals surface area contributed by atoms with E-state index >= 15 is 0 Å². The van der Waals surface area contributed by atoms with E-state index in [1.54, 1.807) is 18.2 Å². The molecule has 1 aromatic rings. The molecule has 0 aromatic heterocycles. The minimum absolute atomic E-state index is 0.00306. The molecule has 0 saturated heterocycles. The highest BCUT2D eigenvalue weighted by atomic mass is 16.2. The number of amides is 2. The lowest BCUT2D eigenvalue weighted by Gasteiger charge is -2.32. The van der Waals surface area contributed by atoms with Crippen LogP contribution in [0.3, 0.4) is 0 Å². The molecule has 2 amide bonds. The molecule has 0 radical (unpaired) electrons. The molecule has 1 atom stereocenters. The summed E-state index contributed by atoms with van der Waals surface area (Å²) < 4.78 is 0. The SMILES string of the molecule is C=C1C=CC=C2C(=O)Cc3ccccc3N(C(N)=O)C12. The Labute approximate surface area is 116 Å². The first-order valence-electron chi connectivity index (χ1n) is 6.36. The third-order valence-electron chi connectivity index (χ3n) is 3.65. The number of hydrogen-bond acceptors (Lipinski definition) is 2. The lowest BCUT2D eigenvalue weighted by Crippen LogP contribution is -2.46. The zero-order chi connectivity index (χ0) is 14.3. The first-order valence-corrected chi connectivity index (χ1v) is 6.36. The number of Topliss-reactive ketones (excluding diaryl/α,β-unsaturated/α-hetero) is 1.